The highest BCUT2D eigenvalue weighted by molar-refractivity contribution is 5.71. The average molecular weight is 308 g/mol. The lowest BCUT2D eigenvalue weighted by atomic mass is 10.0. The Morgan fingerprint density at radius 2 is 1.39 bits per heavy atom. The minimum atomic E-state index is 1.08. The van der Waals surface area contributed by atoms with Crippen molar-refractivity contribution in [1.29, 1.82) is 0 Å². The topological polar surface area (TPSA) is 15.3 Å². The van der Waals surface area contributed by atoms with Crippen molar-refractivity contribution in [3.8, 4) is 0 Å². The molecular formula is C21H28N2. The molecule has 2 aromatic carbocycles. The summed E-state index contributed by atoms with van der Waals surface area (Å²) in [6, 6.07) is 17.8. The third kappa shape index (κ3) is 3.94. The summed E-state index contributed by atoms with van der Waals surface area (Å²) in [4.78, 5) is 2.53. The number of para-hydroxylation sites is 2. The zero-order valence-electron chi connectivity index (χ0n) is 14.2. The van der Waals surface area contributed by atoms with Gasteiger partial charge in [-0.2, -0.15) is 0 Å². The fourth-order valence-electron chi connectivity index (χ4n) is 3.40. The average Bonchev–Trinajstić information content (AvgIpc) is 2.75. The van der Waals surface area contributed by atoms with E-state index in [0.717, 1.165) is 32.5 Å². The molecule has 0 amide bonds. The first-order valence-electron chi connectivity index (χ1n) is 9.04. The molecule has 0 atom stereocenters. The molecule has 1 heterocycles. The highest BCUT2D eigenvalue weighted by Crippen LogP contribution is 2.35. The predicted octanol–water partition coefficient (Wildman–Crippen LogP) is 4.70. The van der Waals surface area contributed by atoms with E-state index < -0.39 is 0 Å². The van der Waals surface area contributed by atoms with Gasteiger partial charge in [-0.05, 0) is 62.0 Å². The van der Waals surface area contributed by atoms with Crippen LogP contribution in [0.4, 0.5) is 11.4 Å². The number of rotatable bonds is 7. The summed E-state index contributed by atoms with van der Waals surface area (Å²) in [5.74, 6) is 0. The fourth-order valence-corrected chi connectivity index (χ4v) is 3.40. The smallest absolute Gasteiger partial charge is 0.0443 e. The van der Waals surface area contributed by atoms with Crippen LogP contribution in [0.5, 0.6) is 0 Å². The Labute approximate surface area is 140 Å². The minimum Gasteiger partial charge on any atom is -0.341 e. The Balaban J connectivity index is 1.74. The summed E-state index contributed by atoms with van der Waals surface area (Å²) in [7, 11) is 0. The number of benzene rings is 2. The maximum atomic E-state index is 3.56. The third-order valence-electron chi connectivity index (χ3n) is 4.67. The van der Waals surface area contributed by atoms with E-state index in [1.807, 2.05) is 0 Å². The molecular weight excluding hydrogens is 280 g/mol. The first kappa shape index (κ1) is 16.1. The van der Waals surface area contributed by atoms with Gasteiger partial charge in [0, 0.05) is 17.9 Å². The van der Waals surface area contributed by atoms with Crippen molar-refractivity contribution in [1.82, 2.24) is 5.32 Å². The Morgan fingerprint density at radius 3 is 2.00 bits per heavy atom. The van der Waals surface area contributed by atoms with Crippen LogP contribution in [0.2, 0.25) is 0 Å². The molecule has 2 heteroatoms. The van der Waals surface area contributed by atoms with Gasteiger partial charge in [0.25, 0.3) is 0 Å². The molecule has 0 aromatic heterocycles. The van der Waals surface area contributed by atoms with Crippen LogP contribution < -0.4 is 10.2 Å². The number of anilines is 2. The fraction of sp³-hybridized carbons (Fsp3) is 0.429. The number of nitrogens with zero attached hydrogens (tertiary/aromatic N) is 1. The molecule has 1 aliphatic rings. The van der Waals surface area contributed by atoms with Gasteiger partial charge in [-0.15, -0.1) is 0 Å². The van der Waals surface area contributed by atoms with E-state index in [4.69, 9.17) is 0 Å². The number of nitrogens with one attached hydrogen (secondary N) is 1. The molecule has 2 aromatic rings. The van der Waals surface area contributed by atoms with Gasteiger partial charge in [0.05, 0.1) is 0 Å². The number of hydrogen-bond donors (Lipinski definition) is 1. The Hall–Kier alpha value is -1.80. The van der Waals surface area contributed by atoms with Crippen LogP contribution in [-0.4, -0.2) is 19.6 Å². The van der Waals surface area contributed by atoms with Crippen LogP contribution in [-0.2, 0) is 12.8 Å². The second kappa shape index (κ2) is 8.16. The predicted molar refractivity (Wildman–Crippen MR) is 99.7 cm³/mol. The number of hydrogen-bond acceptors (Lipinski definition) is 2. The van der Waals surface area contributed by atoms with Gasteiger partial charge in [-0.25, -0.2) is 0 Å². The van der Waals surface area contributed by atoms with Crippen LogP contribution >= 0.6 is 0 Å². The lowest BCUT2D eigenvalue weighted by Crippen LogP contribution is -2.24. The van der Waals surface area contributed by atoms with E-state index in [0.29, 0.717) is 0 Å². The second-order valence-electron chi connectivity index (χ2n) is 6.37. The van der Waals surface area contributed by atoms with Crippen LogP contribution in [0.15, 0.2) is 48.5 Å². The molecule has 2 nitrogen and oxygen atoms in total. The van der Waals surface area contributed by atoms with E-state index in [9.17, 15) is 0 Å². The summed E-state index contributed by atoms with van der Waals surface area (Å²) in [6.07, 6.45) is 5.98. The highest BCUT2D eigenvalue weighted by Gasteiger charge is 2.19. The third-order valence-corrected chi connectivity index (χ3v) is 4.67. The van der Waals surface area contributed by atoms with Gasteiger partial charge in [-0.1, -0.05) is 49.7 Å². The Bertz CT molecular complexity index is 573. The molecule has 0 saturated carbocycles. The molecule has 1 aliphatic heterocycles. The van der Waals surface area contributed by atoms with Crippen molar-refractivity contribution in [2.24, 2.45) is 0 Å². The summed E-state index contributed by atoms with van der Waals surface area (Å²) >= 11 is 0. The quantitative estimate of drug-likeness (QED) is 0.746. The van der Waals surface area contributed by atoms with E-state index in [1.54, 1.807) is 0 Å². The first-order chi connectivity index (χ1) is 11.4. The molecule has 0 fully saturated rings. The number of aryl methyl sites for hydroxylation is 2. The normalized spacial score (nSPS) is 13.3. The molecule has 122 valence electrons. The zero-order valence-corrected chi connectivity index (χ0v) is 14.2. The molecule has 0 saturated heterocycles. The number of fused-ring (bicyclic) bond motifs is 2. The van der Waals surface area contributed by atoms with Crippen LogP contribution in [0.1, 0.15) is 37.3 Å². The van der Waals surface area contributed by atoms with E-state index in [2.05, 4.69) is 65.7 Å². The lowest BCUT2D eigenvalue weighted by molar-refractivity contribution is 0.618. The summed E-state index contributed by atoms with van der Waals surface area (Å²) in [6.45, 7) is 5.56. The SMILES string of the molecule is CCCCNCCCN1c2ccccc2CCc2ccccc21. The van der Waals surface area contributed by atoms with Crippen LogP contribution in [0, 0.1) is 0 Å². The van der Waals surface area contributed by atoms with Gasteiger partial charge in [0.2, 0.25) is 0 Å². The van der Waals surface area contributed by atoms with Gasteiger partial charge >= 0.3 is 0 Å². The zero-order chi connectivity index (χ0) is 15.9. The van der Waals surface area contributed by atoms with Crippen molar-refractivity contribution < 1.29 is 0 Å². The van der Waals surface area contributed by atoms with Crippen molar-refractivity contribution in [2.75, 3.05) is 24.5 Å². The Morgan fingerprint density at radius 1 is 0.826 bits per heavy atom. The van der Waals surface area contributed by atoms with Gasteiger partial charge in [-0.3, -0.25) is 0 Å². The van der Waals surface area contributed by atoms with Crippen molar-refractivity contribution in [3.05, 3.63) is 59.7 Å². The Kier molecular flexibility index (Phi) is 5.71. The molecule has 0 radical (unpaired) electrons. The molecule has 0 spiro atoms. The largest absolute Gasteiger partial charge is 0.341 e. The maximum absolute atomic E-state index is 3.56. The first-order valence-corrected chi connectivity index (χ1v) is 9.04. The molecule has 0 aliphatic carbocycles. The van der Waals surface area contributed by atoms with E-state index in [-0.39, 0.29) is 0 Å². The lowest BCUT2D eigenvalue weighted by Gasteiger charge is -2.27. The maximum Gasteiger partial charge on any atom is 0.0443 e. The van der Waals surface area contributed by atoms with Crippen molar-refractivity contribution in [3.63, 3.8) is 0 Å². The standard InChI is InChI=1S/C21H28N2/c1-2-3-15-22-16-8-17-23-20-11-6-4-9-18(20)13-14-19-10-5-7-12-21(19)23/h4-7,9-12,22H,2-3,8,13-17H2,1H3. The molecule has 3 rings (SSSR count). The molecule has 23 heavy (non-hydrogen) atoms. The van der Waals surface area contributed by atoms with Gasteiger partial charge in [0.15, 0.2) is 0 Å². The minimum absolute atomic E-state index is 1.08. The van der Waals surface area contributed by atoms with Crippen molar-refractivity contribution in [2.45, 2.75) is 39.0 Å². The summed E-state index contributed by atoms with van der Waals surface area (Å²) < 4.78 is 0. The van der Waals surface area contributed by atoms with E-state index >= 15 is 0 Å². The van der Waals surface area contributed by atoms with Gasteiger partial charge in [0.1, 0.15) is 0 Å². The van der Waals surface area contributed by atoms with Crippen LogP contribution in [0.25, 0.3) is 0 Å². The monoisotopic (exact) mass is 308 g/mol. The van der Waals surface area contributed by atoms with Gasteiger partial charge < -0.3 is 10.2 Å². The molecule has 0 bridgehead atoms. The molecule has 0 unspecified atom stereocenters. The summed E-state index contributed by atoms with van der Waals surface area (Å²) in [5.41, 5.74) is 5.74. The number of unbranched alkanes of at least 4 members (excludes halogenated alkanes) is 1. The van der Waals surface area contributed by atoms with E-state index in [1.165, 1.54) is 41.8 Å². The summed E-state index contributed by atoms with van der Waals surface area (Å²) in [5, 5.41) is 3.56. The molecule has 1 N–H and O–H groups in total. The van der Waals surface area contributed by atoms with Crippen LogP contribution in [0.3, 0.4) is 0 Å². The van der Waals surface area contributed by atoms with Crippen molar-refractivity contribution >= 4 is 11.4 Å². The second-order valence-corrected chi connectivity index (χ2v) is 6.37. The highest BCUT2D eigenvalue weighted by atomic mass is 15.1.